The number of ketones is 2. The number of aliphatic hydroxyl groups excluding tert-OH is 2. The van der Waals surface area contributed by atoms with E-state index in [1.807, 2.05) is 0 Å². The highest BCUT2D eigenvalue weighted by molar-refractivity contribution is 6.01. The molecule has 4 rings (SSSR count). The largest absolute Gasteiger partial charge is 0.393 e. The van der Waals surface area contributed by atoms with Crippen molar-refractivity contribution in [2.24, 2.45) is 28.6 Å². The number of fused-ring (bicyclic) bond motifs is 5. The molecule has 0 amide bonds. The number of rotatable bonds is 2. The molecule has 8 atom stereocenters. The molecule has 0 unspecified atom stereocenters. The lowest BCUT2D eigenvalue weighted by molar-refractivity contribution is -0.190. The van der Waals surface area contributed by atoms with Gasteiger partial charge in [0, 0.05) is 19.5 Å². The highest BCUT2D eigenvalue weighted by Crippen LogP contribution is 2.67. The van der Waals surface area contributed by atoms with Crippen LogP contribution in [0, 0.1) is 28.6 Å². The van der Waals surface area contributed by atoms with Crippen LogP contribution < -0.4 is 0 Å². The summed E-state index contributed by atoms with van der Waals surface area (Å²) in [4.78, 5) is 25.1. The molecule has 0 aromatic rings. The van der Waals surface area contributed by atoms with Crippen LogP contribution in [-0.2, 0) is 9.59 Å². The van der Waals surface area contributed by atoms with E-state index in [4.69, 9.17) is 8.22 Å². The fourth-order valence-electron chi connectivity index (χ4n) is 6.28. The molecule has 6 heteroatoms. The Balaban J connectivity index is 1.89. The second-order valence-electron chi connectivity index (χ2n) is 8.73. The van der Waals surface area contributed by atoms with Crippen molar-refractivity contribution in [3.63, 3.8) is 0 Å². The van der Waals surface area contributed by atoms with E-state index in [0.29, 0.717) is 0 Å². The van der Waals surface area contributed by atoms with Gasteiger partial charge >= 0.3 is 0 Å². The minimum Gasteiger partial charge on any atom is -0.393 e. The van der Waals surface area contributed by atoms with Gasteiger partial charge in [0.1, 0.15) is 6.56 Å². The number of carbonyl (C=O) groups excluding carboxylic acids is 2. The van der Waals surface area contributed by atoms with Crippen LogP contribution in [0.1, 0.15) is 47.7 Å². The van der Waals surface area contributed by atoms with E-state index in [0.717, 1.165) is 0 Å². The number of hydrogen-bond acceptors (Lipinski definition) is 6. The first-order valence-corrected chi connectivity index (χ1v) is 9.16. The summed E-state index contributed by atoms with van der Waals surface area (Å²) in [6.07, 6.45) is -4.71. The quantitative estimate of drug-likeness (QED) is 0.554. The average molecular weight is 382 g/mol. The van der Waals surface area contributed by atoms with Crippen molar-refractivity contribution in [3.8, 4) is 0 Å². The molecular weight excluding hydrogens is 348 g/mol. The third kappa shape index (κ3) is 2.21. The summed E-state index contributed by atoms with van der Waals surface area (Å²) in [6.45, 7) is -0.453. The second-order valence-corrected chi connectivity index (χ2v) is 8.73. The molecule has 0 aliphatic heterocycles. The monoisotopic (exact) mass is 382 g/mol. The Morgan fingerprint density at radius 3 is 2.81 bits per heavy atom. The molecule has 0 aromatic carbocycles. The predicted molar refractivity (Wildman–Crippen MR) is 96.4 cm³/mol. The van der Waals surface area contributed by atoms with Gasteiger partial charge in [0.2, 0.25) is 0 Å². The van der Waals surface area contributed by atoms with Crippen LogP contribution in [0.4, 0.5) is 0 Å². The third-order valence-corrected chi connectivity index (χ3v) is 7.61. The molecule has 0 heterocycles. The van der Waals surface area contributed by atoms with E-state index in [1.54, 1.807) is 6.92 Å². The summed E-state index contributed by atoms with van der Waals surface area (Å²) < 4.78 is 48.4. The summed E-state index contributed by atoms with van der Waals surface area (Å²) in [7, 11) is 0. The van der Waals surface area contributed by atoms with Crippen molar-refractivity contribution >= 4 is 11.6 Å². The highest BCUT2D eigenvalue weighted by Gasteiger charge is 2.71. The van der Waals surface area contributed by atoms with Crippen LogP contribution >= 0.6 is 0 Å². The van der Waals surface area contributed by atoms with Crippen LogP contribution in [0.3, 0.4) is 0 Å². The number of hydrogen-bond donors (Lipinski definition) is 4. The lowest BCUT2D eigenvalue weighted by atomic mass is 9.46. The molecule has 4 aliphatic rings. The van der Waals surface area contributed by atoms with Gasteiger partial charge in [-0.05, 0) is 49.6 Å². The van der Waals surface area contributed by atoms with Gasteiger partial charge < -0.3 is 20.4 Å². The highest BCUT2D eigenvalue weighted by atomic mass is 16.4. The minimum absolute atomic E-state index is 0.114. The molecule has 148 valence electrons. The molecule has 3 saturated carbocycles. The number of allylic oxidation sites excluding steroid dienone is 4. The lowest BCUT2D eigenvalue weighted by Gasteiger charge is -2.59. The molecule has 27 heavy (non-hydrogen) atoms. The van der Waals surface area contributed by atoms with Gasteiger partial charge in [0.05, 0.1) is 17.7 Å². The number of Topliss-reactive ketones (excluding diaryl/α,β-unsaturated/α-hetero) is 1. The zero-order valence-corrected chi connectivity index (χ0v) is 15.2. The fourth-order valence-corrected chi connectivity index (χ4v) is 6.28. The summed E-state index contributed by atoms with van der Waals surface area (Å²) in [6, 6.07) is -1.09. The lowest BCUT2D eigenvalue weighted by Crippen LogP contribution is -2.63. The smallest absolute Gasteiger partial charge is 0.192 e. The van der Waals surface area contributed by atoms with Crippen LogP contribution in [0.15, 0.2) is 23.8 Å². The predicted octanol–water partition coefficient (Wildman–Crippen LogP) is 0.528. The molecule has 4 aliphatic carbocycles. The van der Waals surface area contributed by atoms with E-state index in [9.17, 15) is 30.0 Å². The van der Waals surface area contributed by atoms with Gasteiger partial charge in [-0.15, -0.1) is 0 Å². The first-order valence-electron chi connectivity index (χ1n) is 12.2. The fraction of sp³-hybridized carbons (Fsp3) is 0.714. The van der Waals surface area contributed by atoms with E-state index in [1.165, 1.54) is 13.0 Å². The van der Waals surface area contributed by atoms with E-state index in [2.05, 4.69) is 0 Å². The van der Waals surface area contributed by atoms with Gasteiger partial charge in [-0.3, -0.25) is 9.59 Å². The van der Waals surface area contributed by atoms with Crippen molar-refractivity contribution in [3.05, 3.63) is 23.8 Å². The molecule has 0 spiro atoms. The van der Waals surface area contributed by atoms with E-state index < -0.39 is 83.0 Å². The van der Waals surface area contributed by atoms with Crippen LogP contribution in [-0.4, -0.2) is 56.4 Å². The molecule has 4 N–H and O–H groups in total. The van der Waals surface area contributed by atoms with Gasteiger partial charge in [-0.2, -0.15) is 0 Å². The average Bonchev–Trinajstić information content (AvgIpc) is 2.84. The maximum Gasteiger partial charge on any atom is 0.192 e. The summed E-state index contributed by atoms with van der Waals surface area (Å²) in [5.74, 6) is -4.79. The maximum absolute atomic E-state index is 12.8. The summed E-state index contributed by atoms with van der Waals surface area (Å²) >= 11 is 0. The maximum atomic E-state index is 12.8. The molecule has 0 radical (unpaired) electrons. The van der Waals surface area contributed by atoms with Gasteiger partial charge in [0.15, 0.2) is 17.2 Å². The standard InChI is InChI=1S/C21H28O6/c1-19-6-5-12(23)7-11(19)3-4-13-14-8-16(25)21(27,17(26)10-22)20(14,2)9-15(24)18(13)19/h5-7,13-16,18,22,24-25,27H,3-4,8-10H2,1-2H3/t13-,14-,15-,16+,18+,19-,20-,21-/m0/s1/i3D2,5D,7D,10D2. The Hall–Kier alpha value is -1.34. The van der Waals surface area contributed by atoms with E-state index in [-0.39, 0.29) is 24.8 Å². The molecule has 0 bridgehead atoms. The first kappa shape index (κ1) is 13.0. The second kappa shape index (κ2) is 5.83. The molecule has 0 aromatic heterocycles. The molecule has 6 nitrogen and oxygen atoms in total. The molecule has 0 saturated heterocycles. The Kier molecular flexibility index (Phi) is 2.80. The van der Waals surface area contributed by atoms with Gasteiger partial charge in [-0.1, -0.05) is 25.5 Å². The van der Waals surface area contributed by atoms with Crippen molar-refractivity contribution in [2.45, 2.75) is 57.3 Å². The van der Waals surface area contributed by atoms with E-state index >= 15 is 0 Å². The summed E-state index contributed by atoms with van der Waals surface area (Å²) in [5, 5.41) is 43.1. The van der Waals surface area contributed by atoms with Crippen molar-refractivity contribution in [1.29, 1.82) is 0 Å². The number of carbonyl (C=O) groups is 2. The zero-order valence-electron chi connectivity index (χ0n) is 21.2. The van der Waals surface area contributed by atoms with Crippen LogP contribution in [0.2, 0.25) is 0 Å². The Morgan fingerprint density at radius 1 is 1.44 bits per heavy atom. The Morgan fingerprint density at radius 2 is 2.15 bits per heavy atom. The topological polar surface area (TPSA) is 115 Å². The van der Waals surface area contributed by atoms with Crippen LogP contribution in [0.25, 0.3) is 0 Å². The van der Waals surface area contributed by atoms with Crippen LogP contribution in [0.5, 0.6) is 0 Å². The molecule has 3 fully saturated rings. The summed E-state index contributed by atoms with van der Waals surface area (Å²) in [5.41, 5.74) is -5.78. The van der Waals surface area contributed by atoms with Gasteiger partial charge in [0.25, 0.3) is 0 Å². The Bertz CT molecular complexity index is 1000. The Labute approximate surface area is 167 Å². The normalized spacial score (nSPS) is 57.6. The minimum atomic E-state index is -3.44. The SMILES string of the molecule is [2H]C1=C[C@@]2(C)C(=C([2H])C1=O)C([2H])([2H])C[C@@H]1[C@@H]2[C@@H](O)C[C@@]2(C)[C@H]1C[C@@H](O)[C@]2(O)C(=O)C([2H])([2H])O. The van der Waals surface area contributed by atoms with Crippen molar-refractivity contribution in [1.82, 2.24) is 0 Å². The van der Waals surface area contributed by atoms with Gasteiger partial charge in [-0.25, -0.2) is 0 Å². The van der Waals surface area contributed by atoms with Crippen molar-refractivity contribution < 1.29 is 38.2 Å². The van der Waals surface area contributed by atoms with Crippen molar-refractivity contribution in [2.75, 3.05) is 6.56 Å². The molecular formula is C21H28O6. The first-order chi connectivity index (χ1) is 14.8. The third-order valence-electron chi connectivity index (χ3n) is 7.61. The number of aliphatic hydroxyl groups is 4. The zero-order chi connectivity index (χ0) is 25.1.